The van der Waals surface area contributed by atoms with Crippen molar-refractivity contribution in [2.75, 3.05) is 5.75 Å². The van der Waals surface area contributed by atoms with Crippen LogP contribution in [0.25, 0.3) is 0 Å². The molecule has 0 aromatic heterocycles. The molecule has 0 aromatic carbocycles. The first-order valence-electron chi connectivity index (χ1n) is 2.32. The van der Waals surface area contributed by atoms with E-state index in [2.05, 4.69) is 6.58 Å². The lowest BCUT2D eigenvalue weighted by molar-refractivity contribution is 0.611. The predicted octanol–water partition coefficient (Wildman–Crippen LogP) is 0.693. The van der Waals surface area contributed by atoms with Gasteiger partial charge in [0.1, 0.15) is 0 Å². The molecule has 0 N–H and O–H groups in total. The van der Waals surface area contributed by atoms with Crippen LogP contribution in [0.15, 0.2) is 12.7 Å². The average Bonchev–Trinajstić information content (AvgIpc) is 2.22. The van der Waals surface area contributed by atoms with Crippen molar-refractivity contribution in [2.45, 2.75) is 11.7 Å². The van der Waals surface area contributed by atoms with Gasteiger partial charge in [-0.1, -0.05) is 6.08 Å². The van der Waals surface area contributed by atoms with Gasteiger partial charge in [-0.2, -0.15) is 0 Å². The molecule has 0 amide bonds. The van der Waals surface area contributed by atoms with E-state index in [1.807, 2.05) is 6.08 Å². The van der Waals surface area contributed by atoms with Crippen LogP contribution >= 0.6 is 0 Å². The minimum atomic E-state index is -0.470. The fourth-order valence-electron chi connectivity index (χ4n) is 0.505. The SMILES string of the molecule is C=CCC1C[S+]1[O-]. The first kappa shape index (κ1) is 5.19. The maximum absolute atomic E-state index is 10.3. The smallest absolute Gasteiger partial charge is 0.163 e. The molecule has 2 unspecified atom stereocenters. The van der Waals surface area contributed by atoms with Crippen molar-refractivity contribution in [3.05, 3.63) is 12.7 Å². The zero-order valence-corrected chi connectivity index (χ0v) is 4.91. The van der Waals surface area contributed by atoms with E-state index in [0.29, 0.717) is 5.25 Å². The minimum absolute atomic E-state index is 0.470. The van der Waals surface area contributed by atoms with Crippen molar-refractivity contribution in [3.63, 3.8) is 0 Å². The summed E-state index contributed by atoms with van der Waals surface area (Å²) < 4.78 is 10.3. The molecule has 1 heterocycles. The maximum Gasteiger partial charge on any atom is 0.163 e. The molecule has 0 aromatic rings. The quantitative estimate of drug-likeness (QED) is 0.296. The van der Waals surface area contributed by atoms with E-state index in [9.17, 15) is 4.55 Å². The summed E-state index contributed by atoms with van der Waals surface area (Å²) in [5.41, 5.74) is 0. The van der Waals surface area contributed by atoms with Crippen LogP contribution < -0.4 is 0 Å². The number of rotatable bonds is 2. The Labute approximate surface area is 46.6 Å². The van der Waals surface area contributed by atoms with Crippen LogP contribution in [0.3, 0.4) is 0 Å². The Morgan fingerprint density at radius 2 is 2.57 bits per heavy atom. The third-order valence-corrected chi connectivity index (χ3v) is 2.44. The molecule has 40 valence electrons. The van der Waals surface area contributed by atoms with E-state index in [-0.39, 0.29) is 0 Å². The first-order chi connectivity index (χ1) is 3.34. The maximum atomic E-state index is 10.3. The summed E-state index contributed by atoms with van der Waals surface area (Å²) in [5.74, 6) is 0.909. The number of hydrogen-bond donors (Lipinski definition) is 0. The fraction of sp³-hybridized carbons (Fsp3) is 0.600. The van der Waals surface area contributed by atoms with Gasteiger partial charge in [0, 0.05) is 6.42 Å². The second-order valence-corrected chi connectivity index (χ2v) is 3.46. The standard InChI is InChI=1S/C5H8OS/c1-2-3-5-4-7(5)6/h2,5H,1,3-4H2. The molecule has 0 spiro atoms. The fourth-order valence-corrected chi connectivity index (χ4v) is 1.45. The zero-order chi connectivity index (χ0) is 5.28. The summed E-state index contributed by atoms with van der Waals surface area (Å²) >= 11 is -0.470. The Kier molecular flexibility index (Phi) is 1.40. The molecule has 0 saturated carbocycles. The molecular weight excluding hydrogens is 108 g/mol. The summed E-state index contributed by atoms with van der Waals surface area (Å²) in [6, 6.07) is 0. The van der Waals surface area contributed by atoms with Crippen LogP contribution in [0.4, 0.5) is 0 Å². The molecule has 7 heavy (non-hydrogen) atoms. The zero-order valence-electron chi connectivity index (χ0n) is 4.09. The molecule has 0 bridgehead atoms. The Morgan fingerprint density at radius 3 is 2.71 bits per heavy atom. The van der Waals surface area contributed by atoms with Crippen LogP contribution in [-0.4, -0.2) is 15.6 Å². The van der Waals surface area contributed by atoms with Gasteiger partial charge in [0.05, 0.1) is 0 Å². The van der Waals surface area contributed by atoms with Gasteiger partial charge in [0.15, 0.2) is 11.0 Å². The summed E-state index contributed by atoms with van der Waals surface area (Å²) in [5, 5.41) is 0.470. The third kappa shape index (κ3) is 1.21. The van der Waals surface area contributed by atoms with Crippen molar-refractivity contribution in [2.24, 2.45) is 0 Å². The Hall–Kier alpha value is 0.0500. The van der Waals surface area contributed by atoms with Crippen LogP contribution in [0.2, 0.25) is 0 Å². The van der Waals surface area contributed by atoms with Crippen molar-refractivity contribution >= 4 is 11.2 Å². The largest absolute Gasteiger partial charge is 0.616 e. The Balaban J connectivity index is 2.08. The second-order valence-electron chi connectivity index (χ2n) is 1.69. The van der Waals surface area contributed by atoms with Crippen molar-refractivity contribution in [1.82, 2.24) is 0 Å². The minimum Gasteiger partial charge on any atom is -0.616 e. The number of allylic oxidation sites excluding steroid dienone is 1. The molecule has 1 rings (SSSR count). The summed E-state index contributed by atoms with van der Waals surface area (Å²) in [6.45, 7) is 3.54. The van der Waals surface area contributed by atoms with E-state index in [1.54, 1.807) is 0 Å². The molecule has 2 heteroatoms. The van der Waals surface area contributed by atoms with Gasteiger partial charge in [-0.25, -0.2) is 0 Å². The normalized spacial score (nSPS) is 37.9. The lowest BCUT2D eigenvalue weighted by Crippen LogP contribution is -1.82. The summed E-state index contributed by atoms with van der Waals surface area (Å²) in [6.07, 6.45) is 2.77. The highest BCUT2D eigenvalue weighted by Gasteiger charge is 2.39. The van der Waals surface area contributed by atoms with E-state index < -0.39 is 11.2 Å². The molecule has 1 fully saturated rings. The van der Waals surface area contributed by atoms with Crippen molar-refractivity contribution < 1.29 is 4.55 Å². The van der Waals surface area contributed by atoms with Crippen molar-refractivity contribution in [1.29, 1.82) is 0 Å². The van der Waals surface area contributed by atoms with Crippen LogP contribution in [0, 0.1) is 0 Å². The first-order valence-corrected chi connectivity index (χ1v) is 3.71. The van der Waals surface area contributed by atoms with Gasteiger partial charge >= 0.3 is 0 Å². The molecule has 1 nitrogen and oxygen atoms in total. The van der Waals surface area contributed by atoms with Gasteiger partial charge in [-0.3, -0.25) is 0 Å². The van der Waals surface area contributed by atoms with Crippen LogP contribution in [0.5, 0.6) is 0 Å². The highest BCUT2D eigenvalue weighted by molar-refractivity contribution is 7.99. The molecule has 0 aliphatic carbocycles. The molecule has 2 atom stereocenters. The highest BCUT2D eigenvalue weighted by Crippen LogP contribution is 2.24. The Bertz CT molecular complexity index is 82.1. The van der Waals surface area contributed by atoms with Gasteiger partial charge in [0.2, 0.25) is 0 Å². The summed E-state index contributed by atoms with van der Waals surface area (Å²) in [4.78, 5) is 0. The van der Waals surface area contributed by atoms with E-state index >= 15 is 0 Å². The van der Waals surface area contributed by atoms with Crippen LogP contribution in [-0.2, 0) is 11.2 Å². The lowest BCUT2D eigenvalue weighted by atomic mass is 10.3. The van der Waals surface area contributed by atoms with E-state index in [0.717, 1.165) is 12.2 Å². The molecule has 1 saturated heterocycles. The molecule has 1 aliphatic heterocycles. The topological polar surface area (TPSA) is 23.1 Å². The highest BCUT2D eigenvalue weighted by atomic mass is 32.2. The Morgan fingerprint density at radius 1 is 2.00 bits per heavy atom. The molecule has 0 radical (unpaired) electrons. The van der Waals surface area contributed by atoms with Gasteiger partial charge in [-0.15, -0.1) is 6.58 Å². The van der Waals surface area contributed by atoms with E-state index in [4.69, 9.17) is 0 Å². The van der Waals surface area contributed by atoms with Gasteiger partial charge in [-0.05, 0) is 11.2 Å². The molecular formula is C5H8OS. The number of hydrogen-bond acceptors (Lipinski definition) is 1. The van der Waals surface area contributed by atoms with Crippen LogP contribution in [0.1, 0.15) is 6.42 Å². The molecule has 1 aliphatic rings. The van der Waals surface area contributed by atoms with Gasteiger partial charge in [0.25, 0.3) is 0 Å². The second kappa shape index (κ2) is 1.88. The van der Waals surface area contributed by atoms with Crippen molar-refractivity contribution in [3.8, 4) is 0 Å². The van der Waals surface area contributed by atoms with Gasteiger partial charge < -0.3 is 4.55 Å². The lowest BCUT2D eigenvalue weighted by Gasteiger charge is -1.81. The van der Waals surface area contributed by atoms with E-state index in [1.165, 1.54) is 0 Å². The average molecular weight is 116 g/mol. The third-order valence-electron chi connectivity index (χ3n) is 1.04. The monoisotopic (exact) mass is 116 g/mol. The predicted molar refractivity (Wildman–Crippen MR) is 31.6 cm³/mol. The summed E-state index contributed by atoms with van der Waals surface area (Å²) in [7, 11) is 0.